The first-order valence-electron chi connectivity index (χ1n) is 6.17. The Balaban J connectivity index is 2.21. The number of hydrogen-bond donors (Lipinski definition) is 1. The number of rotatable bonds is 5. The van der Waals surface area contributed by atoms with Crippen LogP contribution in [0.1, 0.15) is 12.6 Å². The molecule has 2 rings (SSSR count). The van der Waals surface area contributed by atoms with Crippen LogP contribution in [0.15, 0.2) is 24.3 Å². The van der Waals surface area contributed by atoms with Crippen molar-refractivity contribution in [2.24, 2.45) is 5.92 Å². The average Bonchev–Trinajstić information content (AvgIpc) is 2.39. The number of fused-ring (bicyclic) bond motifs is 1. The molecule has 1 atom stereocenters. The van der Waals surface area contributed by atoms with Crippen LogP contribution in [0.2, 0.25) is 0 Å². The van der Waals surface area contributed by atoms with Gasteiger partial charge in [-0.05, 0) is 24.9 Å². The van der Waals surface area contributed by atoms with E-state index < -0.39 is 0 Å². The summed E-state index contributed by atoms with van der Waals surface area (Å²) in [5.41, 5.74) is 0.980. The zero-order chi connectivity index (χ0) is 13.0. The Bertz CT molecular complexity index is 527. The van der Waals surface area contributed by atoms with Gasteiger partial charge in [0, 0.05) is 17.3 Å². The van der Waals surface area contributed by atoms with Crippen LogP contribution >= 0.6 is 11.8 Å². The van der Waals surface area contributed by atoms with Crippen molar-refractivity contribution in [2.45, 2.75) is 13.8 Å². The maximum Gasteiger partial charge on any atom is 0.156 e. The third-order valence-corrected chi connectivity index (χ3v) is 3.84. The van der Waals surface area contributed by atoms with E-state index >= 15 is 0 Å². The average molecular weight is 261 g/mol. The molecule has 0 fully saturated rings. The van der Waals surface area contributed by atoms with Crippen molar-refractivity contribution in [1.82, 2.24) is 10.2 Å². The Morgan fingerprint density at radius 3 is 2.67 bits per heavy atom. The van der Waals surface area contributed by atoms with Gasteiger partial charge in [-0.3, -0.25) is 0 Å². The molecule has 3 nitrogen and oxygen atoms in total. The van der Waals surface area contributed by atoms with Gasteiger partial charge in [-0.15, -0.1) is 5.10 Å². The Hall–Kier alpha value is -1.29. The van der Waals surface area contributed by atoms with E-state index in [0.717, 1.165) is 29.2 Å². The molecule has 1 N–H and O–H groups in total. The molecule has 0 aliphatic carbocycles. The predicted molar refractivity (Wildman–Crippen MR) is 80.3 cm³/mol. The molecule has 0 spiro atoms. The van der Waals surface area contributed by atoms with Gasteiger partial charge in [0.15, 0.2) is 5.82 Å². The molecule has 0 saturated heterocycles. The van der Waals surface area contributed by atoms with Crippen molar-refractivity contribution in [3.63, 3.8) is 0 Å². The van der Waals surface area contributed by atoms with Crippen LogP contribution in [-0.2, 0) is 0 Å². The minimum atomic E-state index is 0.627. The molecule has 0 amide bonds. The molecule has 1 aromatic heterocycles. The van der Waals surface area contributed by atoms with Crippen LogP contribution in [0, 0.1) is 12.8 Å². The van der Waals surface area contributed by atoms with Gasteiger partial charge in [0.05, 0.1) is 5.69 Å². The maximum absolute atomic E-state index is 4.27. The molecule has 1 heterocycles. The standard InChI is InChI=1S/C14H19N3S/c1-10(9-18-3)8-15-14-13-7-5-4-6-12(13)11(2)16-17-14/h4-7,10H,8-9H2,1-3H3,(H,15,17). The van der Waals surface area contributed by atoms with Crippen LogP contribution in [0.5, 0.6) is 0 Å². The molecule has 0 radical (unpaired) electrons. The maximum atomic E-state index is 4.27. The fourth-order valence-electron chi connectivity index (χ4n) is 1.98. The van der Waals surface area contributed by atoms with Crippen molar-refractivity contribution < 1.29 is 0 Å². The smallest absolute Gasteiger partial charge is 0.156 e. The highest BCUT2D eigenvalue weighted by Gasteiger charge is 2.07. The number of benzene rings is 1. The molecule has 0 saturated carbocycles. The van der Waals surface area contributed by atoms with Gasteiger partial charge in [0.25, 0.3) is 0 Å². The first-order chi connectivity index (χ1) is 8.72. The van der Waals surface area contributed by atoms with Gasteiger partial charge >= 0.3 is 0 Å². The number of aromatic nitrogens is 2. The summed E-state index contributed by atoms with van der Waals surface area (Å²) in [5, 5.41) is 14.2. The number of anilines is 1. The van der Waals surface area contributed by atoms with E-state index in [1.807, 2.05) is 30.8 Å². The van der Waals surface area contributed by atoms with E-state index in [1.54, 1.807) is 0 Å². The molecule has 96 valence electrons. The molecular weight excluding hydrogens is 242 g/mol. The fraction of sp³-hybridized carbons (Fsp3) is 0.429. The third-order valence-electron chi connectivity index (χ3n) is 2.94. The zero-order valence-electron chi connectivity index (χ0n) is 11.1. The van der Waals surface area contributed by atoms with E-state index in [1.165, 1.54) is 5.39 Å². The highest BCUT2D eigenvalue weighted by atomic mass is 32.2. The molecule has 0 aliphatic rings. The van der Waals surface area contributed by atoms with E-state index in [2.05, 4.69) is 40.8 Å². The lowest BCUT2D eigenvalue weighted by Crippen LogP contribution is -2.14. The molecule has 2 aromatic rings. The first kappa shape index (κ1) is 13.1. The first-order valence-corrected chi connectivity index (χ1v) is 7.56. The fourth-order valence-corrected chi connectivity index (χ4v) is 2.67. The Morgan fingerprint density at radius 1 is 1.22 bits per heavy atom. The van der Waals surface area contributed by atoms with Gasteiger partial charge in [-0.25, -0.2) is 0 Å². The van der Waals surface area contributed by atoms with Crippen LogP contribution < -0.4 is 5.32 Å². The van der Waals surface area contributed by atoms with Gasteiger partial charge < -0.3 is 5.32 Å². The topological polar surface area (TPSA) is 37.8 Å². The Morgan fingerprint density at radius 2 is 1.94 bits per heavy atom. The van der Waals surface area contributed by atoms with Crippen molar-refractivity contribution in [2.75, 3.05) is 23.9 Å². The Kier molecular flexibility index (Phi) is 4.42. The summed E-state index contributed by atoms with van der Waals surface area (Å²) in [4.78, 5) is 0. The van der Waals surface area contributed by atoms with Crippen molar-refractivity contribution >= 4 is 28.4 Å². The monoisotopic (exact) mass is 261 g/mol. The predicted octanol–water partition coefficient (Wildman–Crippen LogP) is 3.35. The molecule has 1 unspecified atom stereocenters. The SMILES string of the molecule is CSCC(C)CNc1nnc(C)c2ccccc12. The molecular formula is C14H19N3S. The third kappa shape index (κ3) is 2.93. The van der Waals surface area contributed by atoms with Crippen LogP contribution in [0.3, 0.4) is 0 Å². The quantitative estimate of drug-likeness (QED) is 0.895. The number of thioether (sulfide) groups is 1. The van der Waals surface area contributed by atoms with E-state index in [9.17, 15) is 0 Å². The van der Waals surface area contributed by atoms with E-state index in [0.29, 0.717) is 5.92 Å². The summed E-state index contributed by atoms with van der Waals surface area (Å²) in [6.07, 6.45) is 2.14. The van der Waals surface area contributed by atoms with Crippen molar-refractivity contribution in [1.29, 1.82) is 0 Å². The van der Waals surface area contributed by atoms with Gasteiger partial charge in [-0.1, -0.05) is 31.2 Å². The molecule has 1 aromatic carbocycles. The van der Waals surface area contributed by atoms with E-state index in [-0.39, 0.29) is 0 Å². The lowest BCUT2D eigenvalue weighted by atomic mass is 10.1. The van der Waals surface area contributed by atoms with Crippen molar-refractivity contribution in [3.05, 3.63) is 30.0 Å². The lowest BCUT2D eigenvalue weighted by Gasteiger charge is -2.13. The largest absolute Gasteiger partial charge is 0.368 e. The second kappa shape index (κ2) is 6.05. The summed E-state index contributed by atoms with van der Waals surface area (Å²) < 4.78 is 0. The summed E-state index contributed by atoms with van der Waals surface area (Å²) in [5.74, 6) is 2.68. The van der Waals surface area contributed by atoms with Gasteiger partial charge in [0.2, 0.25) is 0 Å². The summed E-state index contributed by atoms with van der Waals surface area (Å²) >= 11 is 1.87. The Labute approximate surface area is 112 Å². The zero-order valence-corrected chi connectivity index (χ0v) is 11.9. The minimum Gasteiger partial charge on any atom is -0.368 e. The minimum absolute atomic E-state index is 0.627. The van der Waals surface area contributed by atoms with Crippen LogP contribution in [-0.4, -0.2) is 28.8 Å². The summed E-state index contributed by atoms with van der Waals surface area (Å²) in [6.45, 7) is 5.17. The molecule has 4 heteroatoms. The lowest BCUT2D eigenvalue weighted by molar-refractivity contribution is 0.698. The highest BCUT2D eigenvalue weighted by molar-refractivity contribution is 7.98. The van der Waals surface area contributed by atoms with Gasteiger partial charge in [-0.2, -0.15) is 16.9 Å². The van der Waals surface area contributed by atoms with Gasteiger partial charge in [0.1, 0.15) is 0 Å². The summed E-state index contributed by atoms with van der Waals surface area (Å²) in [6, 6.07) is 8.27. The van der Waals surface area contributed by atoms with Crippen molar-refractivity contribution in [3.8, 4) is 0 Å². The van der Waals surface area contributed by atoms with Crippen LogP contribution in [0.25, 0.3) is 10.8 Å². The number of aryl methyl sites for hydroxylation is 1. The normalized spacial score (nSPS) is 12.6. The molecule has 0 bridgehead atoms. The number of nitrogens with one attached hydrogen (secondary N) is 1. The molecule has 18 heavy (non-hydrogen) atoms. The molecule has 0 aliphatic heterocycles. The van der Waals surface area contributed by atoms with E-state index in [4.69, 9.17) is 0 Å². The second-order valence-electron chi connectivity index (χ2n) is 4.62. The number of nitrogens with zero attached hydrogens (tertiary/aromatic N) is 2. The number of hydrogen-bond acceptors (Lipinski definition) is 4. The van der Waals surface area contributed by atoms with Crippen LogP contribution in [0.4, 0.5) is 5.82 Å². The second-order valence-corrected chi connectivity index (χ2v) is 5.53. The highest BCUT2D eigenvalue weighted by Crippen LogP contribution is 2.22. The summed E-state index contributed by atoms with van der Waals surface area (Å²) in [7, 11) is 0.